The number of nitrogen functional groups attached to an aromatic ring is 1. The highest BCUT2D eigenvalue weighted by Gasteiger charge is 2.28. The van der Waals surface area contributed by atoms with Crippen molar-refractivity contribution in [2.24, 2.45) is 0 Å². The highest BCUT2D eigenvalue weighted by molar-refractivity contribution is 9.10. The van der Waals surface area contributed by atoms with Crippen LogP contribution in [0.2, 0.25) is 0 Å². The molecule has 8 heteroatoms. The van der Waals surface area contributed by atoms with Gasteiger partial charge < -0.3 is 5.73 Å². The summed E-state index contributed by atoms with van der Waals surface area (Å²) < 4.78 is 27.8. The molecule has 0 spiro atoms. The first-order chi connectivity index (χ1) is 9.30. The molecule has 20 heavy (non-hydrogen) atoms. The van der Waals surface area contributed by atoms with Crippen LogP contribution in [0.4, 0.5) is 5.82 Å². The lowest BCUT2D eigenvalue weighted by Gasteiger charge is -2.29. The molecule has 1 rings (SSSR count). The van der Waals surface area contributed by atoms with E-state index in [1.54, 1.807) is 11.8 Å². The molecule has 0 saturated heterocycles. The fourth-order valence-electron chi connectivity index (χ4n) is 1.81. The first-order valence-corrected chi connectivity index (χ1v) is 9.76. The molecule has 1 aromatic rings. The Morgan fingerprint density at radius 3 is 2.55 bits per heavy atom. The van der Waals surface area contributed by atoms with E-state index in [2.05, 4.69) is 39.5 Å². The van der Waals surface area contributed by atoms with Crippen molar-refractivity contribution < 1.29 is 8.42 Å². The molecule has 0 atom stereocenters. The highest BCUT2D eigenvalue weighted by Crippen LogP contribution is 2.30. The van der Waals surface area contributed by atoms with Gasteiger partial charge in [0.15, 0.2) is 0 Å². The van der Waals surface area contributed by atoms with Crippen molar-refractivity contribution in [1.29, 1.82) is 0 Å². The number of rotatable bonds is 7. The Balaban J connectivity index is 2.98. The minimum atomic E-state index is -3.66. The van der Waals surface area contributed by atoms with E-state index in [0.29, 0.717) is 11.0 Å². The van der Waals surface area contributed by atoms with Gasteiger partial charge >= 0.3 is 0 Å². The molecule has 0 saturated carbocycles. The minimum Gasteiger partial charge on any atom is -0.383 e. The maximum Gasteiger partial charge on any atom is 0.244 e. The Kier molecular flexibility index (Phi) is 6.30. The average Bonchev–Trinajstić information content (AvgIpc) is 2.43. The Morgan fingerprint density at radius 2 is 2.05 bits per heavy atom. The van der Waals surface area contributed by atoms with Crippen LogP contribution in [0.5, 0.6) is 0 Å². The molecule has 0 radical (unpaired) electrons. The predicted octanol–water partition coefficient (Wildman–Crippen LogP) is 2.63. The Morgan fingerprint density at radius 1 is 1.45 bits per heavy atom. The van der Waals surface area contributed by atoms with E-state index >= 15 is 0 Å². The number of nitrogens with zero attached hydrogens (tertiary/aromatic N) is 1. The van der Waals surface area contributed by atoms with Crippen LogP contribution in [-0.2, 0) is 10.0 Å². The van der Waals surface area contributed by atoms with Gasteiger partial charge in [-0.3, -0.25) is 0 Å². The fraction of sp³-hybridized carbons (Fsp3) is 0.583. The summed E-state index contributed by atoms with van der Waals surface area (Å²) >= 11 is 4.88. The molecule has 114 valence electrons. The topological polar surface area (TPSA) is 85.1 Å². The Bertz CT molecular complexity index is 552. The summed E-state index contributed by atoms with van der Waals surface area (Å²) in [5, 5.41) is 0. The molecule has 0 unspecified atom stereocenters. The van der Waals surface area contributed by atoms with Gasteiger partial charge in [0.2, 0.25) is 10.0 Å². The maximum absolute atomic E-state index is 12.3. The number of sulfonamides is 1. The van der Waals surface area contributed by atoms with E-state index < -0.39 is 10.0 Å². The van der Waals surface area contributed by atoms with Crippen LogP contribution in [0.3, 0.4) is 0 Å². The number of pyridine rings is 1. The zero-order valence-electron chi connectivity index (χ0n) is 11.8. The van der Waals surface area contributed by atoms with Crippen LogP contribution in [-0.4, -0.2) is 30.9 Å². The molecule has 0 aromatic carbocycles. The van der Waals surface area contributed by atoms with Crippen molar-refractivity contribution in [1.82, 2.24) is 9.71 Å². The van der Waals surface area contributed by atoms with Crippen molar-refractivity contribution in [3.63, 3.8) is 0 Å². The third-order valence-corrected chi connectivity index (χ3v) is 6.90. The van der Waals surface area contributed by atoms with Gasteiger partial charge in [-0.25, -0.2) is 18.1 Å². The first-order valence-electron chi connectivity index (χ1n) is 6.26. The van der Waals surface area contributed by atoms with E-state index in [-0.39, 0.29) is 15.5 Å². The van der Waals surface area contributed by atoms with Gasteiger partial charge in [0, 0.05) is 22.0 Å². The van der Waals surface area contributed by atoms with E-state index in [9.17, 15) is 8.42 Å². The summed E-state index contributed by atoms with van der Waals surface area (Å²) in [4.78, 5) is 3.86. The summed E-state index contributed by atoms with van der Waals surface area (Å²) in [6.07, 6.45) is 5.24. The molecule has 0 aliphatic rings. The number of aromatic nitrogens is 1. The standard InChI is InChI=1S/C12H20BrN3O2S2/c1-4-12(5-2,19-3)8-16-20(17,18)10-6-9(13)7-15-11(10)14/h6-7,16H,4-5,8H2,1-3H3,(H2,14,15). The average molecular weight is 382 g/mol. The number of hydrogen-bond donors (Lipinski definition) is 2. The monoisotopic (exact) mass is 381 g/mol. The van der Waals surface area contributed by atoms with Crippen LogP contribution in [0.25, 0.3) is 0 Å². The zero-order chi connectivity index (χ0) is 15.4. The summed E-state index contributed by atoms with van der Waals surface area (Å²) in [5.74, 6) is 0.00319. The van der Waals surface area contributed by atoms with Crippen LogP contribution >= 0.6 is 27.7 Å². The molecule has 3 N–H and O–H groups in total. The van der Waals surface area contributed by atoms with Gasteiger partial charge in [0.1, 0.15) is 10.7 Å². The number of hydrogen-bond acceptors (Lipinski definition) is 5. The van der Waals surface area contributed by atoms with Crippen LogP contribution in [0.1, 0.15) is 26.7 Å². The van der Waals surface area contributed by atoms with Crippen LogP contribution in [0, 0.1) is 0 Å². The van der Waals surface area contributed by atoms with Gasteiger partial charge in [-0.15, -0.1) is 0 Å². The molecule has 0 fully saturated rings. The van der Waals surface area contributed by atoms with Crippen LogP contribution in [0.15, 0.2) is 21.6 Å². The summed E-state index contributed by atoms with van der Waals surface area (Å²) in [6.45, 7) is 4.49. The van der Waals surface area contributed by atoms with E-state index in [1.807, 2.05) is 6.26 Å². The third-order valence-electron chi connectivity index (χ3n) is 3.44. The molecule has 0 amide bonds. The van der Waals surface area contributed by atoms with Crippen molar-refractivity contribution in [3.05, 3.63) is 16.7 Å². The van der Waals surface area contributed by atoms with Crippen molar-refractivity contribution >= 4 is 43.5 Å². The van der Waals surface area contributed by atoms with Gasteiger partial charge in [-0.1, -0.05) is 13.8 Å². The quantitative estimate of drug-likeness (QED) is 0.757. The smallest absolute Gasteiger partial charge is 0.244 e. The van der Waals surface area contributed by atoms with E-state index in [0.717, 1.165) is 12.8 Å². The number of halogens is 1. The first kappa shape index (κ1) is 17.7. The normalized spacial score (nSPS) is 12.6. The third kappa shape index (κ3) is 4.09. The second kappa shape index (κ2) is 7.11. The molecule has 0 bridgehead atoms. The molecule has 5 nitrogen and oxygen atoms in total. The fourth-order valence-corrected chi connectivity index (χ4v) is 4.41. The largest absolute Gasteiger partial charge is 0.383 e. The van der Waals surface area contributed by atoms with Crippen LogP contribution < -0.4 is 10.5 Å². The number of thioether (sulfide) groups is 1. The molecule has 1 aromatic heterocycles. The number of nitrogens with one attached hydrogen (secondary N) is 1. The molecule has 0 aliphatic heterocycles. The second-order valence-electron chi connectivity index (χ2n) is 4.46. The number of nitrogens with two attached hydrogens (primary N) is 1. The number of anilines is 1. The SMILES string of the molecule is CCC(CC)(CNS(=O)(=O)c1cc(Br)cnc1N)SC. The van der Waals surface area contributed by atoms with Gasteiger partial charge in [-0.2, -0.15) is 11.8 Å². The zero-order valence-corrected chi connectivity index (χ0v) is 15.0. The van der Waals surface area contributed by atoms with E-state index in [1.165, 1.54) is 12.3 Å². The summed E-state index contributed by atoms with van der Waals surface area (Å²) in [6, 6.07) is 1.46. The predicted molar refractivity (Wildman–Crippen MR) is 88.4 cm³/mol. The van der Waals surface area contributed by atoms with E-state index in [4.69, 9.17) is 5.73 Å². The highest BCUT2D eigenvalue weighted by atomic mass is 79.9. The van der Waals surface area contributed by atoms with Crippen molar-refractivity contribution in [3.8, 4) is 0 Å². The second-order valence-corrected chi connectivity index (χ2v) is 8.38. The summed E-state index contributed by atoms with van der Waals surface area (Å²) in [5.41, 5.74) is 5.66. The Hall–Kier alpha value is -0.310. The molecule has 0 aliphatic carbocycles. The Labute approximate surface area is 133 Å². The lowest BCUT2D eigenvalue weighted by Crippen LogP contribution is -2.39. The molecular weight excluding hydrogens is 362 g/mol. The minimum absolute atomic E-state index is 0.00319. The lowest BCUT2D eigenvalue weighted by atomic mass is 10.0. The van der Waals surface area contributed by atoms with Crippen molar-refractivity contribution in [2.45, 2.75) is 36.3 Å². The maximum atomic E-state index is 12.3. The summed E-state index contributed by atoms with van der Waals surface area (Å²) in [7, 11) is -3.66. The van der Waals surface area contributed by atoms with Crippen molar-refractivity contribution in [2.75, 3.05) is 18.5 Å². The van der Waals surface area contributed by atoms with Gasteiger partial charge in [0.05, 0.1) is 0 Å². The molecule has 1 heterocycles. The van der Waals surface area contributed by atoms with Gasteiger partial charge in [-0.05, 0) is 41.1 Å². The lowest BCUT2D eigenvalue weighted by molar-refractivity contribution is 0.522. The van der Waals surface area contributed by atoms with Gasteiger partial charge in [0.25, 0.3) is 0 Å². The molecular formula is C12H20BrN3O2S2.